The molecule has 2 aromatic rings. The summed E-state index contributed by atoms with van der Waals surface area (Å²) in [6, 6.07) is 19.2. The molecule has 0 aliphatic heterocycles. The minimum Gasteiger partial charge on any atom is -0.0925 e. The van der Waals surface area contributed by atoms with E-state index < -0.39 is 0 Å². The molecule has 20 heavy (non-hydrogen) atoms. The molecule has 0 nitrogen and oxygen atoms in total. The van der Waals surface area contributed by atoms with Gasteiger partial charge in [0.1, 0.15) is 0 Å². The topological polar surface area (TPSA) is 0 Å². The van der Waals surface area contributed by atoms with Crippen molar-refractivity contribution in [3.05, 3.63) is 70.7 Å². The Balaban J connectivity index is 1.67. The SMILES string of the molecule is Clc1cccc(CC(CBr)C2CC2c2ccccc2)c1. The molecule has 2 heteroatoms. The van der Waals surface area contributed by atoms with Crippen molar-refractivity contribution in [2.45, 2.75) is 18.8 Å². The van der Waals surface area contributed by atoms with Gasteiger partial charge in [-0.25, -0.2) is 0 Å². The van der Waals surface area contributed by atoms with Crippen molar-refractivity contribution in [2.75, 3.05) is 5.33 Å². The quantitative estimate of drug-likeness (QED) is 0.608. The Morgan fingerprint density at radius 2 is 1.90 bits per heavy atom. The number of hydrogen-bond acceptors (Lipinski definition) is 0. The molecule has 1 fully saturated rings. The first-order chi connectivity index (χ1) is 9.78. The van der Waals surface area contributed by atoms with E-state index in [1.165, 1.54) is 17.5 Å². The van der Waals surface area contributed by atoms with Crippen LogP contribution in [0.1, 0.15) is 23.5 Å². The van der Waals surface area contributed by atoms with E-state index in [4.69, 9.17) is 11.6 Å². The number of hydrogen-bond donors (Lipinski definition) is 0. The van der Waals surface area contributed by atoms with E-state index in [0.29, 0.717) is 5.92 Å². The summed E-state index contributed by atoms with van der Waals surface area (Å²) in [4.78, 5) is 0. The van der Waals surface area contributed by atoms with Gasteiger partial charge in [-0.3, -0.25) is 0 Å². The third kappa shape index (κ3) is 3.27. The van der Waals surface area contributed by atoms with Crippen molar-refractivity contribution in [1.29, 1.82) is 0 Å². The minimum atomic E-state index is 0.693. The molecule has 1 saturated carbocycles. The fraction of sp³-hybridized carbons (Fsp3) is 0.333. The third-order valence-corrected chi connectivity index (χ3v) is 5.32. The summed E-state index contributed by atoms with van der Waals surface area (Å²) in [5.74, 6) is 2.24. The first kappa shape index (κ1) is 14.2. The van der Waals surface area contributed by atoms with Gasteiger partial charge in [0.25, 0.3) is 0 Å². The second-order valence-electron chi connectivity index (χ2n) is 5.67. The van der Waals surface area contributed by atoms with Crippen LogP contribution in [0.5, 0.6) is 0 Å². The molecule has 1 aliphatic rings. The van der Waals surface area contributed by atoms with Gasteiger partial charge in [-0.05, 0) is 53.9 Å². The second-order valence-corrected chi connectivity index (χ2v) is 6.75. The average molecular weight is 350 g/mol. The predicted molar refractivity (Wildman–Crippen MR) is 89.7 cm³/mol. The van der Waals surface area contributed by atoms with E-state index in [2.05, 4.69) is 58.4 Å². The van der Waals surface area contributed by atoms with Gasteiger partial charge in [0, 0.05) is 10.4 Å². The van der Waals surface area contributed by atoms with Crippen LogP contribution < -0.4 is 0 Å². The summed E-state index contributed by atoms with van der Waals surface area (Å²) < 4.78 is 0. The van der Waals surface area contributed by atoms with Crippen LogP contribution in [0.3, 0.4) is 0 Å². The molecule has 3 atom stereocenters. The summed E-state index contributed by atoms with van der Waals surface area (Å²) in [6.45, 7) is 0. The lowest BCUT2D eigenvalue weighted by Crippen LogP contribution is -2.10. The van der Waals surface area contributed by atoms with Gasteiger partial charge in [0.2, 0.25) is 0 Å². The van der Waals surface area contributed by atoms with E-state index in [0.717, 1.165) is 28.6 Å². The minimum absolute atomic E-state index is 0.693. The molecule has 0 spiro atoms. The Bertz CT molecular complexity index is 567. The van der Waals surface area contributed by atoms with Gasteiger partial charge in [-0.1, -0.05) is 70.0 Å². The number of alkyl halides is 1. The summed E-state index contributed by atoms with van der Waals surface area (Å²) >= 11 is 9.78. The Kier molecular flexibility index (Phi) is 4.48. The van der Waals surface area contributed by atoms with Crippen LogP contribution in [0, 0.1) is 11.8 Å². The summed E-state index contributed by atoms with van der Waals surface area (Å²) in [6.07, 6.45) is 2.43. The molecule has 0 radical (unpaired) electrons. The van der Waals surface area contributed by atoms with Crippen molar-refractivity contribution in [3.63, 3.8) is 0 Å². The zero-order valence-corrected chi connectivity index (χ0v) is 13.6. The van der Waals surface area contributed by atoms with Crippen LogP contribution in [0.2, 0.25) is 5.02 Å². The molecule has 0 N–H and O–H groups in total. The van der Waals surface area contributed by atoms with E-state index >= 15 is 0 Å². The van der Waals surface area contributed by atoms with Crippen LogP contribution >= 0.6 is 27.5 Å². The number of halogens is 2. The van der Waals surface area contributed by atoms with Crippen molar-refractivity contribution >= 4 is 27.5 Å². The van der Waals surface area contributed by atoms with Crippen molar-refractivity contribution in [2.24, 2.45) is 11.8 Å². The first-order valence-corrected chi connectivity index (χ1v) is 8.63. The van der Waals surface area contributed by atoms with Crippen LogP contribution in [0.4, 0.5) is 0 Å². The summed E-state index contributed by atoms with van der Waals surface area (Å²) in [5.41, 5.74) is 2.84. The predicted octanol–water partition coefficient (Wildman–Crippen LogP) is 5.70. The Hall–Kier alpha value is -0.790. The van der Waals surface area contributed by atoms with Gasteiger partial charge >= 0.3 is 0 Å². The van der Waals surface area contributed by atoms with E-state index in [1.807, 2.05) is 12.1 Å². The fourth-order valence-electron chi connectivity index (χ4n) is 3.11. The molecule has 0 amide bonds. The second kappa shape index (κ2) is 6.32. The summed E-state index contributed by atoms with van der Waals surface area (Å²) in [5, 5.41) is 1.90. The van der Waals surface area contributed by atoms with Crippen LogP contribution in [-0.2, 0) is 6.42 Å². The molecular weight excluding hydrogens is 332 g/mol. The largest absolute Gasteiger partial charge is 0.0925 e. The highest BCUT2D eigenvalue weighted by Gasteiger charge is 2.42. The molecule has 3 unspecified atom stereocenters. The maximum atomic E-state index is 6.08. The highest BCUT2D eigenvalue weighted by molar-refractivity contribution is 9.09. The summed E-state index contributed by atoms with van der Waals surface area (Å²) in [7, 11) is 0. The zero-order chi connectivity index (χ0) is 13.9. The van der Waals surface area contributed by atoms with Gasteiger partial charge in [-0.2, -0.15) is 0 Å². The molecule has 2 aromatic carbocycles. The fourth-order valence-corrected chi connectivity index (χ4v) is 4.03. The molecule has 0 heterocycles. The molecule has 3 rings (SSSR count). The van der Waals surface area contributed by atoms with Crippen LogP contribution in [0.15, 0.2) is 54.6 Å². The van der Waals surface area contributed by atoms with E-state index in [-0.39, 0.29) is 0 Å². The monoisotopic (exact) mass is 348 g/mol. The first-order valence-electron chi connectivity index (χ1n) is 7.13. The van der Waals surface area contributed by atoms with Crippen molar-refractivity contribution in [1.82, 2.24) is 0 Å². The average Bonchev–Trinajstić information content (AvgIpc) is 3.26. The van der Waals surface area contributed by atoms with E-state index in [1.54, 1.807) is 0 Å². The molecular formula is C18H18BrCl. The molecule has 104 valence electrons. The third-order valence-electron chi connectivity index (χ3n) is 4.26. The molecule has 1 aliphatic carbocycles. The number of rotatable bonds is 5. The lowest BCUT2D eigenvalue weighted by molar-refractivity contribution is 0.507. The smallest absolute Gasteiger partial charge is 0.0408 e. The van der Waals surface area contributed by atoms with Crippen molar-refractivity contribution < 1.29 is 0 Å². The van der Waals surface area contributed by atoms with Gasteiger partial charge in [0.05, 0.1) is 0 Å². The lowest BCUT2D eigenvalue weighted by atomic mass is 9.94. The maximum Gasteiger partial charge on any atom is 0.0408 e. The Morgan fingerprint density at radius 1 is 1.10 bits per heavy atom. The van der Waals surface area contributed by atoms with Crippen LogP contribution in [-0.4, -0.2) is 5.33 Å². The van der Waals surface area contributed by atoms with Crippen LogP contribution in [0.25, 0.3) is 0 Å². The highest BCUT2D eigenvalue weighted by Crippen LogP contribution is 2.53. The van der Waals surface area contributed by atoms with Crippen molar-refractivity contribution in [3.8, 4) is 0 Å². The molecule has 0 aromatic heterocycles. The highest BCUT2D eigenvalue weighted by atomic mass is 79.9. The number of benzene rings is 2. The normalized spacial score (nSPS) is 22.5. The van der Waals surface area contributed by atoms with Gasteiger partial charge < -0.3 is 0 Å². The lowest BCUT2D eigenvalue weighted by Gasteiger charge is -2.14. The molecule has 0 saturated heterocycles. The maximum absolute atomic E-state index is 6.08. The standard InChI is InChI=1S/C18H18BrCl/c19-12-15(9-13-5-4-8-16(20)10-13)18-11-17(18)14-6-2-1-3-7-14/h1-8,10,15,17-18H,9,11-12H2. The Morgan fingerprint density at radius 3 is 2.60 bits per heavy atom. The Labute approximate surface area is 134 Å². The van der Waals surface area contributed by atoms with Gasteiger partial charge in [-0.15, -0.1) is 0 Å². The van der Waals surface area contributed by atoms with Gasteiger partial charge in [0.15, 0.2) is 0 Å². The van der Waals surface area contributed by atoms with E-state index in [9.17, 15) is 0 Å². The zero-order valence-electron chi connectivity index (χ0n) is 11.3. The molecule has 0 bridgehead atoms.